The molecule has 0 spiro atoms. The van der Waals surface area contributed by atoms with Crippen molar-refractivity contribution >= 4 is 21.7 Å². The van der Waals surface area contributed by atoms with Gasteiger partial charge in [0, 0.05) is 16.5 Å². The van der Waals surface area contributed by atoms with Gasteiger partial charge in [0.1, 0.15) is 0 Å². The van der Waals surface area contributed by atoms with Crippen LogP contribution in [0.2, 0.25) is 0 Å². The minimum absolute atomic E-state index is 0.184. The summed E-state index contributed by atoms with van der Waals surface area (Å²) in [6.07, 6.45) is 3.05. The summed E-state index contributed by atoms with van der Waals surface area (Å²) in [5, 5.41) is 0. The van der Waals surface area contributed by atoms with E-state index in [2.05, 4.69) is 22.5 Å². The molecule has 0 N–H and O–H groups in total. The van der Waals surface area contributed by atoms with Crippen molar-refractivity contribution in [3.05, 3.63) is 46.5 Å². The van der Waals surface area contributed by atoms with Gasteiger partial charge in [0.2, 0.25) is 0 Å². The highest BCUT2D eigenvalue weighted by molar-refractivity contribution is 9.10. The molecule has 0 aliphatic heterocycles. The van der Waals surface area contributed by atoms with Crippen molar-refractivity contribution in [2.75, 3.05) is 0 Å². The Kier molecular flexibility index (Phi) is 4.08. The first kappa shape index (κ1) is 11.2. The van der Waals surface area contributed by atoms with Crippen molar-refractivity contribution in [2.24, 2.45) is 0 Å². The minimum Gasteiger partial charge on any atom is -0.294 e. The molecule has 14 heavy (non-hydrogen) atoms. The van der Waals surface area contributed by atoms with Crippen LogP contribution < -0.4 is 0 Å². The second-order valence-electron chi connectivity index (χ2n) is 3.16. The Bertz CT molecular complexity index is 355. The van der Waals surface area contributed by atoms with Crippen molar-refractivity contribution in [3.8, 4) is 0 Å². The molecular weight excluding hydrogens is 240 g/mol. The van der Waals surface area contributed by atoms with E-state index in [4.69, 9.17) is 0 Å². The predicted molar refractivity (Wildman–Crippen MR) is 62.6 cm³/mol. The topological polar surface area (TPSA) is 17.1 Å². The fourth-order valence-electron chi connectivity index (χ4n) is 1.28. The van der Waals surface area contributed by atoms with Gasteiger partial charge in [0.15, 0.2) is 5.78 Å². The van der Waals surface area contributed by atoms with Gasteiger partial charge < -0.3 is 0 Å². The molecule has 0 aromatic heterocycles. The number of Topliss-reactive ketones (excluding diaryl/α,β-unsaturated/α-hetero) is 1. The van der Waals surface area contributed by atoms with Gasteiger partial charge in [-0.1, -0.05) is 34.1 Å². The lowest BCUT2D eigenvalue weighted by molar-refractivity contribution is 0.0983. The Morgan fingerprint density at radius 3 is 2.93 bits per heavy atom. The number of allylic oxidation sites excluding steroid dienone is 1. The number of halogens is 1. The van der Waals surface area contributed by atoms with E-state index in [1.165, 1.54) is 0 Å². The molecule has 1 aromatic carbocycles. The SMILES string of the molecule is C=CCCC(=O)c1cccc(Br)c1C. The molecule has 0 heterocycles. The molecular formula is C12H13BrO. The average Bonchev–Trinajstić information content (AvgIpc) is 2.18. The molecule has 0 fully saturated rings. The Morgan fingerprint density at radius 2 is 2.29 bits per heavy atom. The summed E-state index contributed by atoms with van der Waals surface area (Å²) in [6, 6.07) is 5.70. The van der Waals surface area contributed by atoms with E-state index in [0.717, 1.165) is 22.0 Å². The molecule has 0 aliphatic rings. The number of benzene rings is 1. The lowest BCUT2D eigenvalue weighted by Gasteiger charge is -2.05. The summed E-state index contributed by atoms with van der Waals surface area (Å²) in [6.45, 7) is 5.55. The largest absolute Gasteiger partial charge is 0.294 e. The number of carbonyl (C=O) groups is 1. The first-order chi connectivity index (χ1) is 6.66. The molecule has 0 bridgehead atoms. The van der Waals surface area contributed by atoms with E-state index in [1.54, 1.807) is 6.08 Å². The normalized spacial score (nSPS) is 9.86. The molecule has 1 nitrogen and oxygen atoms in total. The van der Waals surface area contributed by atoms with Gasteiger partial charge in [-0.3, -0.25) is 4.79 Å². The molecule has 1 aromatic rings. The van der Waals surface area contributed by atoms with Gasteiger partial charge in [-0.25, -0.2) is 0 Å². The number of rotatable bonds is 4. The number of carbonyl (C=O) groups excluding carboxylic acids is 1. The van der Waals surface area contributed by atoms with Crippen molar-refractivity contribution in [1.29, 1.82) is 0 Å². The molecule has 0 unspecified atom stereocenters. The van der Waals surface area contributed by atoms with Crippen LogP contribution in [-0.2, 0) is 0 Å². The lowest BCUT2D eigenvalue weighted by Crippen LogP contribution is -2.01. The number of hydrogen-bond acceptors (Lipinski definition) is 1. The molecule has 74 valence electrons. The smallest absolute Gasteiger partial charge is 0.163 e. The Labute approximate surface area is 93.0 Å². The molecule has 0 amide bonds. The molecule has 0 saturated carbocycles. The maximum absolute atomic E-state index is 11.7. The average molecular weight is 253 g/mol. The predicted octanol–water partition coefficient (Wildman–Crippen LogP) is 3.91. The van der Waals surface area contributed by atoms with E-state index < -0.39 is 0 Å². The van der Waals surface area contributed by atoms with Crippen LogP contribution in [0, 0.1) is 6.92 Å². The highest BCUT2D eigenvalue weighted by Crippen LogP contribution is 2.20. The maximum atomic E-state index is 11.7. The number of hydrogen-bond donors (Lipinski definition) is 0. The zero-order chi connectivity index (χ0) is 10.6. The maximum Gasteiger partial charge on any atom is 0.163 e. The monoisotopic (exact) mass is 252 g/mol. The zero-order valence-corrected chi connectivity index (χ0v) is 9.80. The van der Waals surface area contributed by atoms with Crippen LogP contribution in [0.15, 0.2) is 35.3 Å². The van der Waals surface area contributed by atoms with Crippen LogP contribution in [0.25, 0.3) is 0 Å². The second-order valence-corrected chi connectivity index (χ2v) is 4.02. The Morgan fingerprint density at radius 1 is 1.57 bits per heavy atom. The van der Waals surface area contributed by atoms with Crippen LogP contribution in [0.1, 0.15) is 28.8 Å². The Hall–Kier alpha value is -0.890. The highest BCUT2D eigenvalue weighted by atomic mass is 79.9. The quantitative estimate of drug-likeness (QED) is 0.587. The summed E-state index contributed by atoms with van der Waals surface area (Å²) in [4.78, 5) is 11.7. The molecule has 0 atom stereocenters. The van der Waals surface area contributed by atoms with Crippen molar-refractivity contribution in [2.45, 2.75) is 19.8 Å². The van der Waals surface area contributed by atoms with Gasteiger partial charge in [-0.2, -0.15) is 0 Å². The minimum atomic E-state index is 0.184. The van der Waals surface area contributed by atoms with Gasteiger partial charge >= 0.3 is 0 Å². The summed E-state index contributed by atoms with van der Waals surface area (Å²) in [5.74, 6) is 0.184. The van der Waals surface area contributed by atoms with Crippen molar-refractivity contribution in [3.63, 3.8) is 0 Å². The standard InChI is InChI=1S/C12H13BrO/c1-3-4-8-12(14)10-6-5-7-11(13)9(10)2/h3,5-7H,1,4,8H2,2H3. The van der Waals surface area contributed by atoms with Crippen LogP contribution in [0.5, 0.6) is 0 Å². The third-order valence-electron chi connectivity index (χ3n) is 2.14. The summed E-state index contributed by atoms with van der Waals surface area (Å²) in [7, 11) is 0. The van der Waals surface area contributed by atoms with E-state index in [1.807, 2.05) is 25.1 Å². The fraction of sp³-hybridized carbons (Fsp3) is 0.250. The highest BCUT2D eigenvalue weighted by Gasteiger charge is 2.09. The van der Waals surface area contributed by atoms with Crippen molar-refractivity contribution < 1.29 is 4.79 Å². The van der Waals surface area contributed by atoms with Gasteiger partial charge in [0.05, 0.1) is 0 Å². The van der Waals surface area contributed by atoms with E-state index in [-0.39, 0.29) is 5.78 Å². The first-order valence-electron chi connectivity index (χ1n) is 4.56. The van der Waals surface area contributed by atoms with Gasteiger partial charge in [-0.15, -0.1) is 6.58 Å². The third kappa shape index (κ3) is 2.55. The summed E-state index contributed by atoms with van der Waals surface area (Å²) in [5.41, 5.74) is 1.82. The molecule has 1 rings (SSSR count). The van der Waals surface area contributed by atoms with Gasteiger partial charge in [0.25, 0.3) is 0 Å². The first-order valence-corrected chi connectivity index (χ1v) is 5.35. The van der Waals surface area contributed by atoms with E-state index in [0.29, 0.717) is 6.42 Å². The van der Waals surface area contributed by atoms with Crippen LogP contribution in [-0.4, -0.2) is 5.78 Å². The molecule has 0 saturated heterocycles. The van der Waals surface area contributed by atoms with Crippen LogP contribution >= 0.6 is 15.9 Å². The molecule has 0 radical (unpaired) electrons. The van der Waals surface area contributed by atoms with Gasteiger partial charge in [-0.05, 0) is 25.0 Å². The van der Waals surface area contributed by atoms with Crippen LogP contribution in [0.4, 0.5) is 0 Å². The summed E-state index contributed by atoms with van der Waals surface area (Å²) >= 11 is 3.41. The van der Waals surface area contributed by atoms with Crippen molar-refractivity contribution in [1.82, 2.24) is 0 Å². The fourth-order valence-corrected chi connectivity index (χ4v) is 1.64. The third-order valence-corrected chi connectivity index (χ3v) is 3.00. The number of ketones is 1. The van der Waals surface area contributed by atoms with Crippen LogP contribution in [0.3, 0.4) is 0 Å². The van der Waals surface area contributed by atoms with E-state index in [9.17, 15) is 4.79 Å². The molecule has 0 aliphatic carbocycles. The van der Waals surface area contributed by atoms with E-state index >= 15 is 0 Å². The second kappa shape index (κ2) is 5.11. The lowest BCUT2D eigenvalue weighted by atomic mass is 10.0. The zero-order valence-electron chi connectivity index (χ0n) is 8.22. The Balaban J connectivity index is 2.89. The molecule has 2 heteroatoms. The summed E-state index contributed by atoms with van der Waals surface area (Å²) < 4.78 is 0.988.